The third-order valence-electron chi connectivity index (χ3n) is 12.9. The molecule has 14 rings (SSSR count). The van der Waals surface area contributed by atoms with Crippen LogP contribution in [-0.4, -0.2) is 87.5 Å². The molecule has 0 saturated heterocycles. The van der Waals surface area contributed by atoms with Crippen LogP contribution in [0.1, 0.15) is 94.2 Å². The SMILES string of the molecule is Brc1cccnc1.Brc1cccnc1.Brc1cccnc1.Brc1cccnc1.CC(C)=C[CH]=[Ru]([Cl])[Cl].CC(C)=C[CH]=[Ru]([Cl])[Cl].CC(C)=C[CH]=[Ru]([Cl])[Cl].CC(C)=C[CH]=[Ru]([Cl])[Cl].CC(C)=C[CH]=[Ru]([Cl])[Cl].CC(C)=C[CH]=[Ru]([Cl])[Cl].Cc1ccncc1.Cc1ccncc1.[CH3-].[CH3-].[CH3-].[CH3-].[CH3-].[CH3-].c1ccncc1.c1ccncc1.c1cnc2c(c1)ccc1cccnc12.c1cnc2c(c1)ccc1cccnc12. The molecule has 0 fully saturated rings. The predicted molar refractivity (Wildman–Crippen MR) is 610 cm³/mol. The van der Waals surface area contributed by atoms with Crippen molar-refractivity contribution in [3.05, 3.63) is 449 Å². The minimum Gasteiger partial charge on any atom is -0.358 e. The molecule has 0 unspecified atom stereocenters. The van der Waals surface area contributed by atoms with Crippen LogP contribution in [0, 0.1) is 58.4 Å². The van der Waals surface area contributed by atoms with Gasteiger partial charge in [-0.25, -0.2) is 0 Å². The van der Waals surface area contributed by atoms with Crippen LogP contribution >= 0.6 is 180 Å². The molecule has 2 aromatic carbocycles. The smallest absolute Gasteiger partial charge is 0.0964 e. The molecule has 0 aliphatic heterocycles. The van der Waals surface area contributed by atoms with E-state index in [-0.39, 0.29) is 44.6 Å². The Morgan fingerprint density at radius 1 is 0.206 bits per heavy atom. The number of allylic oxidation sites excluding steroid dienone is 12. The summed E-state index contributed by atoms with van der Waals surface area (Å²) in [5.74, 6) is 0. The molecule has 136 heavy (non-hydrogen) atoms. The van der Waals surface area contributed by atoms with Crippen LogP contribution in [-0.2, 0) is 81.1 Å². The number of fused-ring (bicyclic) bond motifs is 6. The van der Waals surface area contributed by atoms with Gasteiger partial charge in [0, 0.05) is 163 Å². The molecular formula is C102H122Br4Cl12N12Ru6-6. The molecule has 0 spiro atoms. The molecule has 14 aromatic rings. The van der Waals surface area contributed by atoms with Gasteiger partial charge < -0.3 is 44.6 Å². The first-order chi connectivity index (χ1) is 62.0. The average Bonchev–Trinajstić information content (AvgIpc) is 0.803. The summed E-state index contributed by atoms with van der Waals surface area (Å²) in [7, 11) is 66.4. The predicted octanol–water partition coefficient (Wildman–Crippen LogP) is 36.7. The molecule has 0 N–H and O–H groups in total. The molecule has 0 bridgehead atoms. The zero-order valence-corrected chi connectivity index (χ0v) is 105. The summed E-state index contributed by atoms with van der Waals surface area (Å²) in [6, 6.07) is 58.9. The first-order valence-corrected chi connectivity index (χ1v) is 73.7. The van der Waals surface area contributed by atoms with Crippen molar-refractivity contribution in [3.63, 3.8) is 0 Å². The van der Waals surface area contributed by atoms with Gasteiger partial charge in [0.05, 0.1) is 22.1 Å². The van der Waals surface area contributed by atoms with Crippen molar-refractivity contribution in [2.45, 2.75) is 96.9 Å². The number of halogens is 16. The number of hydrogen-bond acceptors (Lipinski definition) is 12. The van der Waals surface area contributed by atoms with Gasteiger partial charge in [0.25, 0.3) is 0 Å². The molecule has 756 valence electrons. The average molecular weight is 2870 g/mol. The summed E-state index contributed by atoms with van der Waals surface area (Å²) in [5, 5.41) is 4.55. The fourth-order valence-corrected chi connectivity index (χ4v) is 16.2. The zero-order valence-electron chi connectivity index (χ0n) is 79.3. The number of rotatable bonds is 6. The number of benzene rings is 2. The maximum Gasteiger partial charge on any atom is 0.0964 e. The Hall–Kier alpha value is -3.92. The van der Waals surface area contributed by atoms with Crippen molar-refractivity contribution in [3.8, 4) is 0 Å². The second-order valence-electron chi connectivity index (χ2n) is 25.6. The number of pyridine rings is 12. The fraction of sp³-hybridized carbons (Fsp3) is 0.137. The van der Waals surface area contributed by atoms with Crippen molar-refractivity contribution < 1.29 is 81.1 Å². The summed E-state index contributed by atoms with van der Waals surface area (Å²) < 4.78 is 15.4. The summed E-state index contributed by atoms with van der Waals surface area (Å²) in [5.41, 5.74) is 13.9. The van der Waals surface area contributed by atoms with Crippen LogP contribution in [0.2, 0.25) is 0 Å². The maximum absolute atomic E-state index is 5.53. The Balaban J connectivity index is -0.000000215. The third kappa shape index (κ3) is 98.8. The Labute approximate surface area is 926 Å². The van der Waals surface area contributed by atoms with Crippen LogP contribution in [0.25, 0.3) is 43.6 Å². The first kappa shape index (κ1) is 147. The van der Waals surface area contributed by atoms with Crippen LogP contribution < -0.4 is 0 Å². The summed E-state index contributed by atoms with van der Waals surface area (Å²) in [6.45, 7) is 28.3. The molecule has 12 nitrogen and oxygen atoms in total. The van der Waals surface area contributed by atoms with E-state index in [0.717, 1.165) is 61.5 Å². The van der Waals surface area contributed by atoms with Gasteiger partial charge in [-0.05, 0) is 210 Å². The van der Waals surface area contributed by atoms with Gasteiger partial charge in [-0.15, -0.1) is 0 Å². The standard InChI is InChI=1S/2C12H8N2.2C6H7N.4C5H4BrN.2C5H5N.6C5H8.6CH3.12ClH.6Ru/c2*1-3-9-5-6-10-4-2-8-14-12(10)11(9)13-7-1;2*1-6-2-4-7-5-3-6;4*6-5-2-1-3-7-4-5;2*1-2-4-6-5-3-1;6*1-4-5(2)3;;;;;;;;;;;;;;;;;;;;;;;;/h2*1-8H;2*2-5H,1H3;4*1-4H;2*1-5H;6*1,4H,2-3H3;6*1H3;12*1H;;;;;;/q;;;;;;;;;;;;;;;;6*-1;;;;;;;;;;;;;6*+2/p-12. The van der Waals surface area contributed by atoms with Gasteiger partial charge in [0.2, 0.25) is 0 Å². The molecule has 12 heterocycles. The van der Waals surface area contributed by atoms with Crippen LogP contribution in [0.15, 0.2) is 394 Å². The molecule has 34 heteroatoms. The minimum atomic E-state index is -1.52. The van der Waals surface area contributed by atoms with Gasteiger partial charge in [0.1, 0.15) is 0 Å². The zero-order chi connectivity index (χ0) is 97.3. The van der Waals surface area contributed by atoms with E-state index < -0.39 is 81.1 Å². The Morgan fingerprint density at radius 2 is 0.368 bits per heavy atom. The second kappa shape index (κ2) is 101. The van der Waals surface area contributed by atoms with Crippen LogP contribution in [0.5, 0.6) is 0 Å². The topological polar surface area (TPSA) is 155 Å². The van der Waals surface area contributed by atoms with E-state index >= 15 is 0 Å². The van der Waals surface area contributed by atoms with E-state index in [9.17, 15) is 0 Å². The van der Waals surface area contributed by atoms with Crippen molar-refractivity contribution in [2.75, 3.05) is 0 Å². The summed E-state index contributed by atoms with van der Waals surface area (Å²) in [6.07, 6.45) is 47.1. The second-order valence-corrected chi connectivity index (χ2v) is 64.1. The molecule has 0 atom stereocenters. The number of aryl methyl sites for hydroxylation is 2. The normalized spacial score (nSPS) is 9.25. The molecule has 0 saturated carbocycles. The van der Waals surface area contributed by atoms with Crippen molar-refractivity contribution in [1.82, 2.24) is 59.8 Å². The maximum atomic E-state index is 5.53. The number of hydrogen-bond donors (Lipinski definition) is 0. The van der Waals surface area contributed by atoms with Gasteiger partial charge in [-0.1, -0.05) is 60.7 Å². The number of aromatic nitrogens is 12. The molecule has 12 aromatic heterocycles. The quantitative estimate of drug-likeness (QED) is 0.0884. The van der Waals surface area contributed by atoms with Crippen molar-refractivity contribution in [1.29, 1.82) is 0 Å². The van der Waals surface area contributed by atoms with Crippen molar-refractivity contribution in [2.24, 2.45) is 0 Å². The molecule has 0 aliphatic rings. The summed E-state index contributed by atoms with van der Waals surface area (Å²) >= 11 is 3.88. The third-order valence-corrected chi connectivity index (χ3v) is 25.5. The van der Waals surface area contributed by atoms with Gasteiger partial charge in [-0.3, -0.25) is 59.8 Å². The summed E-state index contributed by atoms with van der Waals surface area (Å²) in [4.78, 5) is 48.0. The van der Waals surface area contributed by atoms with E-state index in [0.29, 0.717) is 0 Å². The first-order valence-electron chi connectivity index (χ1n) is 37.6. The Kier molecular flexibility index (Phi) is 110. The molecule has 0 radical (unpaired) electrons. The van der Waals surface area contributed by atoms with E-state index in [1.54, 1.807) is 124 Å². The van der Waals surface area contributed by atoms with E-state index in [1.807, 2.05) is 295 Å². The largest absolute Gasteiger partial charge is 0.358 e. The minimum absolute atomic E-state index is 0. The number of nitrogens with zero attached hydrogens (tertiary/aromatic N) is 12. The monoisotopic (exact) mass is 2860 g/mol. The van der Waals surface area contributed by atoms with E-state index in [2.05, 4.69) is 172 Å². The van der Waals surface area contributed by atoms with Crippen LogP contribution in [0.4, 0.5) is 0 Å². The molecule has 0 amide bonds. The van der Waals surface area contributed by atoms with Gasteiger partial charge in [-0.2, -0.15) is 0 Å². The van der Waals surface area contributed by atoms with Crippen LogP contribution in [0.3, 0.4) is 0 Å². The fourth-order valence-electron chi connectivity index (χ4n) is 7.18. The van der Waals surface area contributed by atoms with Gasteiger partial charge >= 0.3 is 378 Å². The van der Waals surface area contributed by atoms with E-state index in [4.69, 9.17) is 116 Å². The molecular weight excluding hydrogens is 2740 g/mol. The Bertz CT molecular complexity index is 4730. The van der Waals surface area contributed by atoms with E-state index in [1.165, 1.54) is 44.6 Å². The Morgan fingerprint density at radius 3 is 0.463 bits per heavy atom. The van der Waals surface area contributed by atoms with Gasteiger partial charge in [0.15, 0.2) is 0 Å². The molecule has 0 aliphatic carbocycles. The van der Waals surface area contributed by atoms with Crippen molar-refractivity contribution >= 4 is 251 Å².